The summed E-state index contributed by atoms with van der Waals surface area (Å²) in [6.07, 6.45) is 1.07. The minimum Gasteiger partial charge on any atom is -0.378 e. The van der Waals surface area contributed by atoms with E-state index in [1.165, 1.54) is 27.3 Å². The van der Waals surface area contributed by atoms with Gasteiger partial charge in [0.25, 0.3) is 5.91 Å². The first-order chi connectivity index (χ1) is 15.0. The van der Waals surface area contributed by atoms with Crippen LogP contribution in [0.5, 0.6) is 0 Å². The standard InChI is InChI=1S/C27H31N3O/c1-20-8-4-7-11-25(20)27(31)28-18-26(22-12-14-24(15-13-22)29(2)3)30-17-16-21-9-5-6-10-23(21)19-30/h4-15,26H,16-19H2,1-3H3,(H,28,31)/p+1/t26-/m0/s1. The van der Waals surface area contributed by atoms with Crippen LogP contribution >= 0.6 is 0 Å². The summed E-state index contributed by atoms with van der Waals surface area (Å²) >= 11 is 0. The molecule has 3 aromatic rings. The lowest BCUT2D eigenvalue weighted by Gasteiger charge is -2.33. The van der Waals surface area contributed by atoms with Gasteiger partial charge in [-0.3, -0.25) is 4.79 Å². The molecule has 4 rings (SSSR count). The van der Waals surface area contributed by atoms with E-state index in [0.717, 1.165) is 30.6 Å². The molecule has 0 fully saturated rings. The molecule has 0 saturated carbocycles. The summed E-state index contributed by atoms with van der Waals surface area (Å²) in [4.78, 5) is 16.5. The topological polar surface area (TPSA) is 36.8 Å². The Morgan fingerprint density at radius 3 is 2.35 bits per heavy atom. The lowest BCUT2D eigenvalue weighted by atomic mass is 9.96. The molecular formula is C27H32N3O+. The summed E-state index contributed by atoms with van der Waals surface area (Å²) in [7, 11) is 4.11. The second-order valence-corrected chi connectivity index (χ2v) is 8.67. The number of aryl methyl sites for hydroxylation is 1. The molecule has 2 N–H and O–H groups in total. The van der Waals surface area contributed by atoms with Crippen LogP contribution in [0.1, 0.15) is 38.7 Å². The largest absolute Gasteiger partial charge is 0.378 e. The summed E-state index contributed by atoms with van der Waals surface area (Å²) in [5, 5.41) is 3.23. The lowest BCUT2D eigenvalue weighted by Crippen LogP contribution is -3.12. The average molecular weight is 415 g/mol. The lowest BCUT2D eigenvalue weighted by molar-refractivity contribution is -0.945. The van der Waals surface area contributed by atoms with E-state index in [4.69, 9.17) is 0 Å². The number of fused-ring (bicyclic) bond motifs is 1. The van der Waals surface area contributed by atoms with Crippen molar-refractivity contribution in [1.82, 2.24) is 5.32 Å². The Hall–Kier alpha value is -3.11. The number of hydrogen-bond acceptors (Lipinski definition) is 2. The summed E-state index contributed by atoms with van der Waals surface area (Å²) < 4.78 is 0. The maximum atomic E-state index is 12.9. The van der Waals surface area contributed by atoms with E-state index in [1.54, 1.807) is 0 Å². The quantitative estimate of drug-likeness (QED) is 0.650. The number of benzene rings is 3. The van der Waals surface area contributed by atoms with E-state index in [1.807, 2.05) is 31.2 Å². The minimum atomic E-state index is 0.00446. The summed E-state index contributed by atoms with van der Waals surface area (Å²) in [6, 6.07) is 25.5. The fourth-order valence-electron chi connectivity index (χ4n) is 4.52. The fourth-order valence-corrected chi connectivity index (χ4v) is 4.52. The molecule has 0 aromatic heterocycles. The molecule has 1 aliphatic heterocycles. The third kappa shape index (κ3) is 4.80. The molecule has 4 nitrogen and oxygen atoms in total. The maximum absolute atomic E-state index is 12.9. The predicted octanol–water partition coefficient (Wildman–Crippen LogP) is 3.17. The maximum Gasteiger partial charge on any atom is 0.251 e. The van der Waals surface area contributed by atoms with Gasteiger partial charge in [0, 0.05) is 42.9 Å². The first-order valence-electron chi connectivity index (χ1n) is 11.1. The smallest absolute Gasteiger partial charge is 0.251 e. The van der Waals surface area contributed by atoms with Crippen molar-refractivity contribution in [3.05, 3.63) is 101 Å². The molecule has 2 atom stereocenters. The van der Waals surface area contributed by atoms with E-state index in [9.17, 15) is 4.79 Å². The van der Waals surface area contributed by atoms with E-state index in [2.05, 4.69) is 72.8 Å². The van der Waals surface area contributed by atoms with Gasteiger partial charge in [-0.25, -0.2) is 0 Å². The molecule has 0 bridgehead atoms. The molecule has 4 heteroatoms. The van der Waals surface area contributed by atoms with Crippen LogP contribution < -0.4 is 15.1 Å². The molecule has 0 radical (unpaired) electrons. The number of quaternary nitrogens is 1. The fraction of sp³-hybridized carbons (Fsp3) is 0.296. The zero-order valence-electron chi connectivity index (χ0n) is 18.7. The van der Waals surface area contributed by atoms with Gasteiger partial charge < -0.3 is 15.1 Å². The molecule has 160 valence electrons. The monoisotopic (exact) mass is 414 g/mol. The number of anilines is 1. The SMILES string of the molecule is Cc1ccccc1C(=O)NC[C@@H](c1ccc(N(C)C)cc1)[NH+]1CCc2ccccc2C1. The highest BCUT2D eigenvalue weighted by Crippen LogP contribution is 2.19. The van der Waals surface area contributed by atoms with Crippen molar-refractivity contribution in [1.29, 1.82) is 0 Å². The molecule has 3 aromatic carbocycles. The van der Waals surface area contributed by atoms with Gasteiger partial charge in [0.2, 0.25) is 0 Å². The Bertz CT molecular complexity index is 1040. The summed E-state index contributed by atoms with van der Waals surface area (Å²) in [5.74, 6) is 0.00446. The van der Waals surface area contributed by atoms with Crippen LogP contribution in [0, 0.1) is 6.92 Å². The van der Waals surface area contributed by atoms with Crippen LogP contribution in [0.3, 0.4) is 0 Å². The van der Waals surface area contributed by atoms with Crippen molar-refractivity contribution >= 4 is 11.6 Å². The van der Waals surface area contributed by atoms with E-state index >= 15 is 0 Å². The number of amides is 1. The zero-order chi connectivity index (χ0) is 21.8. The van der Waals surface area contributed by atoms with Crippen molar-refractivity contribution in [2.24, 2.45) is 0 Å². The Balaban J connectivity index is 1.57. The van der Waals surface area contributed by atoms with Crippen LogP contribution in [-0.4, -0.2) is 33.1 Å². The van der Waals surface area contributed by atoms with Gasteiger partial charge in [-0.2, -0.15) is 0 Å². The van der Waals surface area contributed by atoms with E-state index in [-0.39, 0.29) is 11.9 Å². The molecule has 1 unspecified atom stereocenters. The second kappa shape index (κ2) is 9.36. The Labute approximate surface area is 185 Å². The van der Waals surface area contributed by atoms with Crippen LogP contribution in [-0.2, 0) is 13.0 Å². The van der Waals surface area contributed by atoms with Crippen LogP contribution in [0.2, 0.25) is 0 Å². The molecule has 1 aliphatic rings. The third-order valence-electron chi connectivity index (χ3n) is 6.41. The first kappa shape index (κ1) is 21.1. The molecule has 0 aliphatic carbocycles. The second-order valence-electron chi connectivity index (χ2n) is 8.67. The van der Waals surface area contributed by atoms with Gasteiger partial charge in [0.1, 0.15) is 12.6 Å². The molecule has 1 heterocycles. The average Bonchev–Trinajstić information content (AvgIpc) is 2.79. The normalized spacial score (nSPS) is 16.3. The van der Waals surface area contributed by atoms with Gasteiger partial charge in [-0.05, 0) is 36.2 Å². The van der Waals surface area contributed by atoms with Gasteiger partial charge in [-0.15, -0.1) is 0 Å². The molecule has 0 spiro atoms. The molecule has 1 amide bonds. The van der Waals surface area contributed by atoms with Crippen LogP contribution in [0.4, 0.5) is 5.69 Å². The van der Waals surface area contributed by atoms with E-state index < -0.39 is 0 Å². The number of carbonyl (C=O) groups excluding carboxylic acids is 1. The highest BCUT2D eigenvalue weighted by atomic mass is 16.1. The van der Waals surface area contributed by atoms with Crippen molar-refractivity contribution < 1.29 is 9.69 Å². The number of carbonyl (C=O) groups is 1. The van der Waals surface area contributed by atoms with Crippen molar-refractivity contribution in [3.63, 3.8) is 0 Å². The Morgan fingerprint density at radius 2 is 1.65 bits per heavy atom. The Morgan fingerprint density at radius 1 is 0.968 bits per heavy atom. The third-order valence-corrected chi connectivity index (χ3v) is 6.41. The predicted molar refractivity (Wildman–Crippen MR) is 127 cm³/mol. The van der Waals surface area contributed by atoms with Crippen LogP contribution in [0.15, 0.2) is 72.8 Å². The summed E-state index contributed by atoms with van der Waals surface area (Å²) in [6.45, 7) is 4.65. The number of hydrogen-bond donors (Lipinski definition) is 2. The number of nitrogens with zero attached hydrogens (tertiary/aromatic N) is 1. The zero-order valence-corrected chi connectivity index (χ0v) is 18.7. The van der Waals surface area contributed by atoms with Crippen molar-refractivity contribution in [3.8, 4) is 0 Å². The van der Waals surface area contributed by atoms with Gasteiger partial charge in [-0.1, -0.05) is 54.6 Å². The Kier molecular flexibility index (Phi) is 6.38. The number of nitrogens with one attached hydrogen (secondary N) is 2. The first-order valence-corrected chi connectivity index (χ1v) is 11.1. The van der Waals surface area contributed by atoms with E-state index in [0.29, 0.717) is 6.54 Å². The minimum absolute atomic E-state index is 0.00446. The molecule has 0 saturated heterocycles. The number of rotatable bonds is 6. The van der Waals surface area contributed by atoms with Gasteiger partial charge in [0.05, 0.1) is 13.1 Å². The summed E-state index contributed by atoms with van der Waals surface area (Å²) in [5.41, 5.74) is 7.09. The highest BCUT2D eigenvalue weighted by molar-refractivity contribution is 5.95. The van der Waals surface area contributed by atoms with Crippen LogP contribution in [0.25, 0.3) is 0 Å². The van der Waals surface area contributed by atoms with Gasteiger partial charge in [0.15, 0.2) is 0 Å². The molecular weight excluding hydrogens is 382 g/mol. The van der Waals surface area contributed by atoms with Crippen molar-refractivity contribution in [2.45, 2.75) is 25.9 Å². The molecule has 31 heavy (non-hydrogen) atoms. The van der Waals surface area contributed by atoms with Gasteiger partial charge >= 0.3 is 0 Å². The van der Waals surface area contributed by atoms with Crippen molar-refractivity contribution in [2.75, 3.05) is 32.1 Å². The highest BCUT2D eigenvalue weighted by Gasteiger charge is 2.29.